The topological polar surface area (TPSA) is 66.7 Å². The van der Waals surface area contributed by atoms with E-state index >= 15 is 0 Å². The molecule has 25 heavy (non-hydrogen) atoms. The van der Waals surface area contributed by atoms with Gasteiger partial charge in [0, 0.05) is 12.1 Å². The number of nitrogens with zero attached hydrogens (tertiary/aromatic N) is 2. The minimum absolute atomic E-state index is 0.237. The van der Waals surface area contributed by atoms with E-state index < -0.39 is 0 Å². The Morgan fingerprint density at radius 3 is 2.68 bits per heavy atom. The van der Waals surface area contributed by atoms with Gasteiger partial charge in [-0.2, -0.15) is 0 Å². The molecule has 0 spiro atoms. The molecule has 5 nitrogen and oxygen atoms in total. The number of rotatable bonds is 4. The Balaban J connectivity index is 1.72. The summed E-state index contributed by atoms with van der Waals surface area (Å²) in [5.74, 6) is 0.541. The molecule has 0 fully saturated rings. The molecule has 0 radical (unpaired) electrons. The Morgan fingerprint density at radius 2 is 1.96 bits per heavy atom. The molecule has 0 aliphatic rings. The van der Waals surface area contributed by atoms with Crippen LogP contribution in [0, 0.1) is 19.7 Å². The summed E-state index contributed by atoms with van der Waals surface area (Å²) < 4.78 is 18.3. The number of hydrogen-bond donors (Lipinski definition) is 2. The molecule has 2 aromatic heterocycles. The van der Waals surface area contributed by atoms with Gasteiger partial charge in [0.25, 0.3) is 0 Å². The van der Waals surface area contributed by atoms with Crippen LogP contribution in [-0.2, 0) is 6.54 Å². The third kappa shape index (κ3) is 2.87. The van der Waals surface area contributed by atoms with Gasteiger partial charge in [-0.3, -0.25) is 0 Å². The van der Waals surface area contributed by atoms with Crippen LogP contribution in [0.1, 0.15) is 17.0 Å². The van der Waals surface area contributed by atoms with Gasteiger partial charge < -0.3 is 14.8 Å². The monoisotopic (exact) mass is 336 g/mol. The summed E-state index contributed by atoms with van der Waals surface area (Å²) >= 11 is 0. The van der Waals surface area contributed by atoms with E-state index in [9.17, 15) is 4.39 Å². The maximum absolute atomic E-state index is 13.1. The highest BCUT2D eigenvalue weighted by atomic mass is 19.1. The fourth-order valence-corrected chi connectivity index (χ4v) is 3.02. The van der Waals surface area contributed by atoms with Crippen molar-refractivity contribution in [2.45, 2.75) is 20.4 Å². The number of H-pyrrole nitrogens is 1. The molecule has 0 aliphatic heterocycles. The maximum Gasteiger partial charge on any atom is 0.141 e. The van der Waals surface area contributed by atoms with Crippen molar-refractivity contribution in [3.8, 4) is 11.1 Å². The smallest absolute Gasteiger partial charge is 0.141 e. The number of halogens is 1. The first-order chi connectivity index (χ1) is 12.1. The molecule has 6 heteroatoms. The number of imidazole rings is 1. The number of fused-ring (bicyclic) bond motifs is 1. The first kappa shape index (κ1) is 15.4. The Morgan fingerprint density at radius 1 is 1.16 bits per heavy atom. The third-order valence-corrected chi connectivity index (χ3v) is 4.24. The summed E-state index contributed by atoms with van der Waals surface area (Å²) in [5, 5.41) is 7.43. The zero-order valence-corrected chi connectivity index (χ0v) is 13.9. The van der Waals surface area contributed by atoms with E-state index in [0.717, 1.165) is 44.9 Å². The minimum Gasteiger partial charge on any atom is -0.379 e. The van der Waals surface area contributed by atoms with Crippen LogP contribution in [0.25, 0.3) is 22.2 Å². The summed E-state index contributed by atoms with van der Waals surface area (Å²) in [6, 6.07) is 10.5. The van der Waals surface area contributed by atoms with Gasteiger partial charge in [0.15, 0.2) is 0 Å². The van der Waals surface area contributed by atoms with Gasteiger partial charge >= 0.3 is 0 Å². The summed E-state index contributed by atoms with van der Waals surface area (Å²) in [6.07, 6.45) is 1.67. The normalized spacial score (nSPS) is 11.2. The number of anilines is 1. The van der Waals surface area contributed by atoms with E-state index in [1.165, 1.54) is 12.1 Å². The van der Waals surface area contributed by atoms with Gasteiger partial charge in [-0.05, 0) is 49.2 Å². The molecule has 2 heterocycles. The third-order valence-electron chi connectivity index (χ3n) is 4.24. The lowest BCUT2D eigenvalue weighted by Gasteiger charge is -2.10. The van der Waals surface area contributed by atoms with Crippen LogP contribution in [0.5, 0.6) is 0 Å². The van der Waals surface area contributed by atoms with Gasteiger partial charge in [0.2, 0.25) is 0 Å². The Hall–Kier alpha value is -3.15. The Kier molecular flexibility index (Phi) is 3.72. The number of aromatic amines is 1. The highest BCUT2D eigenvalue weighted by Gasteiger charge is 2.15. The number of hydrogen-bond acceptors (Lipinski definition) is 4. The standard InChI is InChI=1S/C19H17FN4O/c1-11-18(12(2)25-24-11)14-7-16(19-17(8-14)22-10-23-19)21-9-13-3-5-15(20)6-4-13/h3-8,10,21H,9H2,1-2H3,(H,22,23). The van der Waals surface area contributed by atoms with Gasteiger partial charge in [0.1, 0.15) is 17.1 Å². The summed E-state index contributed by atoms with van der Waals surface area (Å²) in [5.41, 5.74) is 6.53. The molecule has 2 aromatic carbocycles. The first-order valence-corrected chi connectivity index (χ1v) is 8.00. The molecule has 0 bridgehead atoms. The molecule has 2 N–H and O–H groups in total. The highest BCUT2D eigenvalue weighted by molar-refractivity contribution is 5.93. The molecule has 0 aliphatic carbocycles. The van der Waals surface area contributed by atoms with Crippen LogP contribution >= 0.6 is 0 Å². The maximum atomic E-state index is 13.1. The molecule has 0 amide bonds. The van der Waals surface area contributed by atoms with E-state index in [0.29, 0.717) is 6.54 Å². The van der Waals surface area contributed by atoms with Gasteiger partial charge in [-0.1, -0.05) is 17.3 Å². The quantitative estimate of drug-likeness (QED) is 0.572. The molecule has 4 rings (SSSR count). The molecular formula is C19H17FN4O. The van der Waals surface area contributed by atoms with Crippen molar-refractivity contribution in [1.82, 2.24) is 15.1 Å². The van der Waals surface area contributed by atoms with Crippen LogP contribution in [0.15, 0.2) is 47.2 Å². The number of nitrogens with one attached hydrogen (secondary N) is 2. The largest absolute Gasteiger partial charge is 0.379 e. The lowest BCUT2D eigenvalue weighted by atomic mass is 10.0. The molecular weight excluding hydrogens is 319 g/mol. The van der Waals surface area contributed by atoms with Crippen LogP contribution in [0.4, 0.5) is 10.1 Å². The van der Waals surface area contributed by atoms with Crippen LogP contribution in [0.3, 0.4) is 0 Å². The fourth-order valence-electron chi connectivity index (χ4n) is 3.02. The Bertz CT molecular complexity index is 1010. The van der Waals surface area contributed by atoms with Crippen LogP contribution in [-0.4, -0.2) is 15.1 Å². The zero-order valence-electron chi connectivity index (χ0n) is 13.9. The van der Waals surface area contributed by atoms with Crippen molar-refractivity contribution < 1.29 is 8.91 Å². The SMILES string of the molecule is Cc1noc(C)c1-c1cc(NCc2ccc(F)cc2)c2nc[nH]c2c1. The second-order valence-corrected chi connectivity index (χ2v) is 6.00. The Labute approximate surface area is 143 Å². The molecule has 0 atom stereocenters. The van der Waals surface area contributed by atoms with E-state index in [2.05, 4.69) is 20.4 Å². The van der Waals surface area contributed by atoms with Crippen LogP contribution in [0.2, 0.25) is 0 Å². The highest BCUT2D eigenvalue weighted by Crippen LogP contribution is 2.33. The lowest BCUT2D eigenvalue weighted by molar-refractivity contribution is 0.393. The van der Waals surface area contributed by atoms with E-state index in [-0.39, 0.29) is 5.82 Å². The minimum atomic E-state index is -0.237. The molecule has 126 valence electrons. The zero-order chi connectivity index (χ0) is 17.4. The summed E-state index contributed by atoms with van der Waals surface area (Å²) in [6.45, 7) is 4.40. The average Bonchev–Trinajstić information content (AvgIpc) is 3.20. The summed E-state index contributed by atoms with van der Waals surface area (Å²) in [4.78, 5) is 7.55. The van der Waals surface area contributed by atoms with Crippen molar-refractivity contribution in [2.24, 2.45) is 0 Å². The van der Waals surface area contributed by atoms with Gasteiger partial charge in [-0.25, -0.2) is 9.37 Å². The molecule has 0 saturated carbocycles. The van der Waals surface area contributed by atoms with Crippen LogP contribution < -0.4 is 5.32 Å². The second kappa shape index (κ2) is 6.05. The predicted molar refractivity (Wildman–Crippen MR) is 94.8 cm³/mol. The average molecular weight is 336 g/mol. The van der Waals surface area contributed by atoms with Crippen molar-refractivity contribution in [3.63, 3.8) is 0 Å². The van der Waals surface area contributed by atoms with Crippen molar-refractivity contribution in [1.29, 1.82) is 0 Å². The van der Waals surface area contributed by atoms with E-state index in [4.69, 9.17) is 4.52 Å². The van der Waals surface area contributed by atoms with Gasteiger partial charge in [-0.15, -0.1) is 0 Å². The molecule has 0 unspecified atom stereocenters. The van der Waals surface area contributed by atoms with E-state index in [1.54, 1.807) is 18.5 Å². The number of benzene rings is 2. The van der Waals surface area contributed by atoms with Crippen molar-refractivity contribution in [2.75, 3.05) is 5.32 Å². The fraction of sp³-hybridized carbons (Fsp3) is 0.158. The predicted octanol–water partition coefficient (Wildman–Crippen LogP) is 4.59. The summed E-state index contributed by atoms with van der Waals surface area (Å²) in [7, 11) is 0. The second-order valence-electron chi connectivity index (χ2n) is 6.00. The first-order valence-electron chi connectivity index (χ1n) is 8.00. The lowest BCUT2D eigenvalue weighted by Crippen LogP contribution is -2.00. The molecule has 0 saturated heterocycles. The van der Waals surface area contributed by atoms with Gasteiger partial charge in [0.05, 0.1) is 23.2 Å². The van der Waals surface area contributed by atoms with E-state index in [1.807, 2.05) is 26.0 Å². The number of aromatic nitrogens is 3. The van der Waals surface area contributed by atoms with Crippen molar-refractivity contribution in [3.05, 3.63) is 65.6 Å². The number of aryl methyl sites for hydroxylation is 2. The molecule has 4 aromatic rings. The van der Waals surface area contributed by atoms with Crippen molar-refractivity contribution >= 4 is 16.7 Å².